The Morgan fingerprint density at radius 1 is 1.00 bits per heavy atom. The second-order valence-electron chi connectivity index (χ2n) is 5.59. The molecule has 0 atom stereocenters. The number of nitrogens with zero attached hydrogens (tertiary/aromatic N) is 2. The first kappa shape index (κ1) is 17.6. The van der Waals surface area contributed by atoms with Gasteiger partial charge in [0.15, 0.2) is 0 Å². The van der Waals surface area contributed by atoms with Crippen molar-refractivity contribution in [2.24, 2.45) is 0 Å². The summed E-state index contributed by atoms with van der Waals surface area (Å²) in [5, 5.41) is 3.35. The number of nitrogens with one attached hydrogen (secondary N) is 1. The van der Waals surface area contributed by atoms with Gasteiger partial charge >= 0.3 is 0 Å². The van der Waals surface area contributed by atoms with E-state index in [0.717, 1.165) is 5.69 Å². The highest BCUT2D eigenvalue weighted by atomic mass is 35.5. The standard InChI is InChI=1S/C20H16ClN3O2/c1-24(17-5-3-2-4-6-17)20(26)18-13-14(11-12-22-18)19(25)23-16-9-7-15(21)8-10-16/h2-13H,1H3,(H,23,25). The molecule has 26 heavy (non-hydrogen) atoms. The molecule has 0 aliphatic heterocycles. The maximum Gasteiger partial charge on any atom is 0.276 e. The number of carbonyl (C=O) groups is 2. The Hall–Kier alpha value is -3.18. The van der Waals surface area contributed by atoms with Gasteiger partial charge in [-0.3, -0.25) is 14.6 Å². The van der Waals surface area contributed by atoms with Crippen LogP contribution >= 0.6 is 11.6 Å². The quantitative estimate of drug-likeness (QED) is 0.751. The van der Waals surface area contributed by atoms with Gasteiger partial charge in [-0.05, 0) is 48.5 Å². The molecule has 3 rings (SSSR count). The monoisotopic (exact) mass is 365 g/mol. The Morgan fingerprint density at radius 3 is 2.38 bits per heavy atom. The number of aromatic nitrogens is 1. The Balaban J connectivity index is 1.78. The van der Waals surface area contributed by atoms with E-state index in [1.165, 1.54) is 17.2 Å². The second-order valence-corrected chi connectivity index (χ2v) is 6.03. The fourth-order valence-electron chi connectivity index (χ4n) is 2.37. The van der Waals surface area contributed by atoms with Crippen molar-refractivity contribution < 1.29 is 9.59 Å². The number of halogens is 1. The molecule has 3 aromatic rings. The summed E-state index contributed by atoms with van der Waals surface area (Å²) in [4.78, 5) is 30.6. The lowest BCUT2D eigenvalue weighted by Gasteiger charge is -2.17. The van der Waals surface area contributed by atoms with Crippen LogP contribution in [0.3, 0.4) is 0 Å². The van der Waals surface area contributed by atoms with Gasteiger partial charge in [-0.2, -0.15) is 0 Å². The minimum atomic E-state index is -0.328. The number of pyridine rings is 1. The zero-order valence-electron chi connectivity index (χ0n) is 14.0. The predicted octanol–water partition coefficient (Wildman–Crippen LogP) is 4.26. The van der Waals surface area contributed by atoms with E-state index in [1.54, 1.807) is 37.4 Å². The third kappa shape index (κ3) is 4.07. The molecule has 0 unspecified atom stereocenters. The van der Waals surface area contributed by atoms with Crippen molar-refractivity contribution in [3.63, 3.8) is 0 Å². The van der Waals surface area contributed by atoms with Crippen LogP contribution in [0.15, 0.2) is 72.9 Å². The minimum Gasteiger partial charge on any atom is -0.322 e. The van der Waals surface area contributed by atoms with Crippen molar-refractivity contribution in [2.75, 3.05) is 17.3 Å². The van der Waals surface area contributed by atoms with E-state index >= 15 is 0 Å². The van der Waals surface area contributed by atoms with Gasteiger partial charge in [0, 0.05) is 35.2 Å². The molecule has 130 valence electrons. The van der Waals surface area contributed by atoms with Gasteiger partial charge in [0.2, 0.25) is 0 Å². The van der Waals surface area contributed by atoms with Crippen LogP contribution in [-0.2, 0) is 0 Å². The number of rotatable bonds is 4. The molecule has 0 spiro atoms. The SMILES string of the molecule is CN(C(=O)c1cc(C(=O)Nc2ccc(Cl)cc2)ccn1)c1ccccc1. The molecule has 0 aliphatic rings. The van der Waals surface area contributed by atoms with E-state index < -0.39 is 0 Å². The van der Waals surface area contributed by atoms with E-state index in [9.17, 15) is 9.59 Å². The van der Waals surface area contributed by atoms with Gasteiger partial charge in [-0.1, -0.05) is 29.8 Å². The summed E-state index contributed by atoms with van der Waals surface area (Å²) in [6.45, 7) is 0. The summed E-state index contributed by atoms with van der Waals surface area (Å²) < 4.78 is 0. The largest absolute Gasteiger partial charge is 0.322 e. The molecule has 5 nitrogen and oxygen atoms in total. The van der Waals surface area contributed by atoms with Crippen LogP contribution < -0.4 is 10.2 Å². The number of carbonyl (C=O) groups excluding carboxylic acids is 2. The van der Waals surface area contributed by atoms with Crippen molar-refractivity contribution in [1.29, 1.82) is 0 Å². The van der Waals surface area contributed by atoms with Gasteiger partial charge in [-0.15, -0.1) is 0 Å². The maximum absolute atomic E-state index is 12.6. The molecular weight excluding hydrogens is 350 g/mol. The molecule has 1 aromatic heterocycles. The fraction of sp³-hybridized carbons (Fsp3) is 0.0500. The normalized spacial score (nSPS) is 10.2. The van der Waals surface area contributed by atoms with Crippen LogP contribution in [0.25, 0.3) is 0 Å². The summed E-state index contributed by atoms with van der Waals surface area (Å²) >= 11 is 5.84. The smallest absolute Gasteiger partial charge is 0.276 e. The van der Waals surface area contributed by atoms with E-state index in [0.29, 0.717) is 16.3 Å². The molecule has 0 saturated carbocycles. The van der Waals surface area contributed by atoms with Crippen molar-refractivity contribution in [1.82, 2.24) is 4.98 Å². The van der Waals surface area contributed by atoms with E-state index in [-0.39, 0.29) is 17.5 Å². The third-order valence-corrected chi connectivity index (χ3v) is 4.04. The number of benzene rings is 2. The average Bonchev–Trinajstić information content (AvgIpc) is 2.69. The zero-order chi connectivity index (χ0) is 18.5. The van der Waals surface area contributed by atoms with E-state index in [4.69, 9.17) is 11.6 Å². The summed E-state index contributed by atoms with van der Waals surface area (Å²) in [7, 11) is 1.67. The number of para-hydroxylation sites is 1. The minimum absolute atomic E-state index is 0.195. The summed E-state index contributed by atoms with van der Waals surface area (Å²) in [5.74, 6) is -0.622. The van der Waals surface area contributed by atoms with Gasteiger partial charge in [0.25, 0.3) is 11.8 Å². The van der Waals surface area contributed by atoms with E-state index in [1.807, 2.05) is 30.3 Å². The lowest BCUT2D eigenvalue weighted by atomic mass is 10.2. The molecule has 0 radical (unpaired) electrons. The molecular formula is C20H16ClN3O2. The molecule has 0 bridgehead atoms. The van der Waals surface area contributed by atoms with E-state index in [2.05, 4.69) is 10.3 Å². The number of amides is 2. The Morgan fingerprint density at radius 2 is 1.69 bits per heavy atom. The van der Waals surface area contributed by atoms with Gasteiger partial charge in [-0.25, -0.2) is 0 Å². The number of hydrogen-bond donors (Lipinski definition) is 1. The number of hydrogen-bond acceptors (Lipinski definition) is 3. The fourth-order valence-corrected chi connectivity index (χ4v) is 2.49. The molecule has 2 amide bonds. The van der Waals surface area contributed by atoms with Gasteiger partial charge in [0.05, 0.1) is 0 Å². The molecule has 2 aromatic carbocycles. The number of anilines is 2. The molecule has 0 saturated heterocycles. The first-order chi connectivity index (χ1) is 12.5. The Kier molecular flexibility index (Phi) is 5.29. The van der Waals surface area contributed by atoms with Gasteiger partial charge in [0.1, 0.15) is 5.69 Å². The third-order valence-electron chi connectivity index (χ3n) is 3.79. The summed E-state index contributed by atoms with van der Waals surface area (Å²) in [6, 6.07) is 19.1. The Labute approximate surface area is 156 Å². The average molecular weight is 366 g/mol. The second kappa shape index (κ2) is 7.80. The highest BCUT2D eigenvalue weighted by Gasteiger charge is 2.17. The van der Waals surface area contributed by atoms with Crippen LogP contribution in [0.5, 0.6) is 0 Å². The Bertz CT molecular complexity index is 927. The molecule has 6 heteroatoms. The van der Waals surface area contributed by atoms with Gasteiger partial charge < -0.3 is 10.2 Å². The van der Waals surface area contributed by atoms with Crippen molar-refractivity contribution in [3.8, 4) is 0 Å². The highest BCUT2D eigenvalue weighted by Crippen LogP contribution is 2.16. The highest BCUT2D eigenvalue weighted by molar-refractivity contribution is 6.30. The molecule has 1 heterocycles. The maximum atomic E-state index is 12.6. The predicted molar refractivity (Wildman–Crippen MR) is 103 cm³/mol. The van der Waals surface area contributed by atoms with Crippen LogP contribution in [0, 0.1) is 0 Å². The topological polar surface area (TPSA) is 62.3 Å². The molecule has 0 fully saturated rings. The first-order valence-corrected chi connectivity index (χ1v) is 8.28. The lowest BCUT2D eigenvalue weighted by molar-refractivity contribution is 0.0988. The molecule has 1 N–H and O–H groups in total. The van der Waals surface area contributed by atoms with Crippen LogP contribution in [0.4, 0.5) is 11.4 Å². The van der Waals surface area contributed by atoms with Crippen LogP contribution in [-0.4, -0.2) is 23.8 Å². The lowest BCUT2D eigenvalue weighted by Crippen LogP contribution is -2.27. The first-order valence-electron chi connectivity index (χ1n) is 7.90. The zero-order valence-corrected chi connectivity index (χ0v) is 14.8. The van der Waals surface area contributed by atoms with Crippen molar-refractivity contribution in [2.45, 2.75) is 0 Å². The summed E-state index contributed by atoms with van der Waals surface area (Å²) in [6.07, 6.45) is 1.45. The van der Waals surface area contributed by atoms with Crippen molar-refractivity contribution in [3.05, 3.63) is 89.2 Å². The molecule has 0 aliphatic carbocycles. The van der Waals surface area contributed by atoms with Crippen LogP contribution in [0.2, 0.25) is 5.02 Å². The van der Waals surface area contributed by atoms with Crippen molar-refractivity contribution >= 4 is 34.8 Å². The van der Waals surface area contributed by atoms with Crippen LogP contribution in [0.1, 0.15) is 20.8 Å². The summed E-state index contributed by atoms with van der Waals surface area (Å²) in [5.41, 5.74) is 1.90.